The van der Waals surface area contributed by atoms with E-state index >= 15 is 0 Å². The Morgan fingerprint density at radius 1 is 0.966 bits per heavy atom. The fourth-order valence-electron chi connectivity index (χ4n) is 3.55. The van der Waals surface area contributed by atoms with Crippen LogP contribution in [0.3, 0.4) is 0 Å². The summed E-state index contributed by atoms with van der Waals surface area (Å²) in [5.41, 5.74) is 1.41. The molecule has 4 aromatic rings. The molecule has 0 aliphatic carbocycles. The Hall–Kier alpha value is -3.86. The third kappa shape index (κ3) is 3.38. The summed E-state index contributed by atoms with van der Waals surface area (Å²) in [4.78, 5) is 22.9. The molecule has 5 nitrogen and oxygen atoms in total. The molecule has 144 valence electrons. The zero-order valence-corrected chi connectivity index (χ0v) is 15.8. The van der Waals surface area contributed by atoms with Gasteiger partial charge >= 0.3 is 0 Å². The predicted octanol–water partition coefficient (Wildman–Crippen LogP) is 4.65. The number of ether oxygens (including phenoxy) is 1. The highest BCUT2D eigenvalue weighted by atomic mass is 16.5. The fraction of sp³-hybridized carbons (Fsp3) is 0.0833. The average molecular weight is 385 g/mol. The van der Waals surface area contributed by atoms with Crippen LogP contribution >= 0.6 is 0 Å². The fourth-order valence-corrected chi connectivity index (χ4v) is 3.55. The van der Waals surface area contributed by atoms with Crippen LogP contribution in [0.25, 0.3) is 32.7 Å². The van der Waals surface area contributed by atoms with Gasteiger partial charge in [-0.05, 0) is 33.7 Å². The van der Waals surface area contributed by atoms with E-state index in [0.29, 0.717) is 23.2 Å². The van der Waals surface area contributed by atoms with Crippen molar-refractivity contribution < 1.29 is 19.4 Å². The Kier molecular flexibility index (Phi) is 4.87. The van der Waals surface area contributed by atoms with Gasteiger partial charge in [0.15, 0.2) is 13.0 Å². The standard InChI is InChI=1S/C24H19NO4/c1-15(27)25-14-29-21-11-10-16-6-2-4-8-19(16)22(21)23-20-9-5-3-7-17(20)12-18(13-26)24(23)28/h2-13,28H,14H2,1H3,(H,25,27). The molecule has 0 aliphatic rings. The summed E-state index contributed by atoms with van der Waals surface area (Å²) in [7, 11) is 0. The quantitative estimate of drug-likeness (QED) is 0.387. The van der Waals surface area contributed by atoms with Gasteiger partial charge in [0.2, 0.25) is 5.91 Å². The lowest BCUT2D eigenvalue weighted by Crippen LogP contribution is -2.25. The Morgan fingerprint density at radius 3 is 2.31 bits per heavy atom. The summed E-state index contributed by atoms with van der Waals surface area (Å²) in [5.74, 6) is 0.198. The molecule has 4 rings (SSSR count). The van der Waals surface area contributed by atoms with Crippen molar-refractivity contribution in [2.75, 3.05) is 6.73 Å². The lowest BCUT2D eigenvalue weighted by atomic mass is 9.90. The molecular weight excluding hydrogens is 366 g/mol. The molecule has 29 heavy (non-hydrogen) atoms. The molecule has 0 heterocycles. The number of carbonyl (C=O) groups excluding carboxylic acids is 2. The number of fused-ring (bicyclic) bond motifs is 2. The van der Waals surface area contributed by atoms with Gasteiger partial charge in [0.1, 0.15) is 11.5 Å². The lowest BCUT2D eigenvalue weighted by molar-refractivity contribution is -0.119. The molecule has 0 bridgehead atoms. The average Bonchev–Trinajstić information content (AvgIpc) is 2.73. The van der Waals surface area contributed by atoms with E-state index in [4.69, 9.17) is 4.74 Å². The van der Waals surface area contributed by atoms with Crippen molar-refractivity contribution in [2.24, 2.45) is 0 Å². The van der Waals surface area contributed by atoms with Gasteiger partial charge in [0.05, 0.1) is 5.56 Å². The second-order valence-electron chi connectivity index (χ2n) is 6.71. The van der Waals surface area contributed by atoms with Gasteiger partial charge in [0.25, 0.3) is 0 Å². The third-order valence-corrected chi connectivity index (χ3v) is 4.87. The molecule has 0 saturated heterocycles. The molecule has 1 amide bonds. The number of carbonyl (C=O) groups is 2. The normalized spacial score (nSPS) is 10.8. The summed E-state index contributed by atoms with van der Waals surface area (Å²) >= 11 is 0. The van der Waals surface area contributed by atoms with E-state index < -0.39 is 0 Å². The zero-order chi connectivity index (χ0) is 20.4. The molecule has 0 unspecified atom stereocenters. The first-order chi connectivity index (χ1) is 14.1. The highest BCUT2D eigenvalue weighted by Gasteiger charge is 2.20. The Balaban J connectivity index is 2.06. The van der Waals surface area contributed by atoms with Crippen LogP contribution in [0.2, 0.25) is 0 Å². The molecule has 0 aliphatic heterocycles. The Labute approximate surface area is 167 Å². The van der Waals surface area contributed by atoms with Gasteiger partial charge < -0.3 is 15.2 Å². The van der Waals surface area contributed by atoms with Gasteiger partial charge in [0, 0.05) is 18.1 Å². The van der Waals surface area contributed by atoms with Crippen molar-refractivity contribution in [3.8, 4) is 22.6 Å². The van der Waals surface area contributed by atoms with Crippen LogP contribution in [-0.2, 0) is 4.79 Å². The SMILES string of the molecule is CC(=O)NCOc1ccc2ccccc2c1-c1c(O)c(C=O)cc2ccccc12. The molecule has 4 aromatic carbocycles. The molecule has 2 N–H and O–H groups in total. The molecule has 0 fully saturated rings. The first-order valence-corrected chi connectivity index (χ1v) is 9.19. The van der Waals surface area contributed by atoms with E-state index in [1.54, 1.807) is 12.1 Å². The van der Waals surface area contributed by atoms with E-state index in [1.807, 2.05) is 54.6 Å². The van der Waals surface area contributed by atoms with Crippen LogP contribution < -0.4 is 10.1 Å². The van der Waals surface area contributed by atoms with Crippen LogP contribution in [-0.4, -0.2) is 24.0 Å². The topological polar surface area (TPSA) is 75.6 Å². The van der Waals surface area contributed by atoms with E-state index in [9.17, 15) is 14.7 Å². The molecule has 0 spiro atoms. The second kappa shape index (κ2) is 7.64. The lowest BCUT2D eigenvalue weighted by Gasteiger charge is -2.18. The summed E-state index contributed by atoms with van der Waals surface area (Å²) in [6.45, 7) is 1.41. The molecule has 0 aromatic heterocycles. The molecule has 0 saturated carbocycles. The van der Waals surface area contributed by atoms with E-state index in [1.165, 1.54) is 6.92 Å². The highest BCUT2D eigenvalue weighted by molar-refractivity contribution is 6.11. The minimum Gasteiger partial charge on any atom is -0.507 e. The number of hydrogen-bond acceptors (Lipinski definition) is 4. The zero-order valence-electron chi connectivity index (χ0n) is 15.8. The molecule has 5 heteroatoms. The van der Waals surface area contributed by atoms with E-state index in [-0.39, 0.29) is 24.0 Å². The molecular formula is C24H19NO4. The minimum atomic E-state index is -0.205. The van der Waals surface area contributed by atoms with Crippen LogP contribution in [0.5, 0.6) is 11.5 Å². The Morgan fingerprint density at radius 2 is 1.62 bits per heavy atom. The number of phenolic OH excluding ortho intramolecular Hbond substituents is 1. The molecule has 0 atom stereocenters. The van der Waals surface area contributed by atoms with Crippen molar-refractivity contribution >= 4 is 33.7 Å². The smallest absolute Gasteiger partial charge is 0.219 e. The van der Waals surface area contributed by atoms with Gasteiger partial charge in [-0.25, -0.2) is 0 Å². The van der Waals surface area contributed by atoms with Crippen LogP contribution in [0, 0.1) is 0 Å². The number of nitrogens with one attached hydrogen (secondary N) is 1. The van der Waals surface area contributed by atoms with Crippen molar-refractivity contribution in [2.45, 2.75) is 6.92 Å². The number of phenols is 1. The van der Waals surface area contributed by atoms with Gasteiger partial charge in [-0.2, -0.15) is 0 Å². The maximum atomic E-state index is 11.6. The number of benzene rings is 4. The van der Waals surface area contributed by atoms with Gasteiger partial charge in [-0.3, -0.25) is 9.59 Å². The maximum absolute atomic E-state index is 11.6. The first kappa shape index (κ1) is 18.5. The third-order valence-electron chi connectivity index (χ3n) is 4.87. The van der Waals surface area contributed by atoms with Crippen molar-refractivity contribution in [1.29, 1.82) is 0 Å². The molecule has 0 radical (unpaired) electrons. The summed E-state index contributed by atoms with van der Waals surface area (Å²) in [6.07, 6.45) is 0.647. The van der Waals surface area contributed by atoms with Crippen LogP contribution in [0.15, 0.2) is 66.7 Å². The number of hydrogen-bond donors (Lipinski definition) is 2. The van der Waals surface area contributed by atoms with Crippen LogP contribution in [0.1, 0.15) is 17.3 Å². The van der Waals surface area contributed by atoms with Gasteiger partial charge in [-0.15, -0.1) is 0 Å². The summed E-state index contributed by atoms with van der Waals surface area (Å²) in [5, 5.41) is 17.1. The van der Waals surface area contributed by atoms with Crippen molar-refractivity contribution in [3.63, 3.8) is 0 Å². The van der Waals surface area contributed by atoms with Crippen LogP contribution in [0.4, 0.5) is 0 Å². The first-order valence-electron chi connectivity index (χ1n) is 9.19. The van der Waals surface area contributed by atoms with Gasteiger partial charge in [-0.1, -0.05) is 54.6 Å². The largest absolute Gasteiger partial charge is 0.507 e. The number of rotatable bonds is 5. The number of aldehydes is 1. The van der Waals surface area contributed by atoms with E-state index in [2.05, 4.69) is 5.32 Å². The van der Waals surface area contributed by atoms with Crippen molar-refractivity contribution in [1.82, 2.24) is 5.32 Å². The predicted molar refractivity (Wildman–Crippen MR) is 113 cm³/mol. The monoisotopic (exact) mass is 385 g/mol. The van der Waals surface area contributed by atoms with E-state index in [0.717, 1.165) is 21.5 Å². The summed E-state index contributed by atoms with van der Waals surface area (Å²) < 4.78 is 5.86. The Bertz CT molecular complexity index is 1250. The summed E-state index contributed by atoms with van der Waals surface area (Å²) in [6, 6.07) is 20.7. The second-order valence-corrected chi connectivity index (χ2v) is 6.71. The maximum Gasteiger partial charge on any atom is 0.219 e. The highest BCUT2D eigenvalue weighted by Crippen LogP contribution is 2.46. The number of amides is 1. The van der Waals surface area contributed by atoms with Crippen molar-refractivity contribution in [3.05, 3.63) is 72.3 Å². The minimum absolute atomic E-state index is 0.00720. The number of aromatic hydroxyl groups is 1.